The van der Waals surface area contributed by atoms with Crippen LogP contribution in [0.15, 0.2) is 48.6 Å². The Kier molecular flexibility index (Phi) is 6.11. The van der Waals surface area contributed by atoms with Crippen molar-refractivity contribution < 1.29 is 29.0 Å². The summed E-state index contributed by atoms with van der Waals surface area (Å²) in [6, 6.07) is 5.77. The van der Waals surface area contributed by atoms with Crippen LogP contribution in [0.3, 0.4) is 0 Å². The van der Waals surface area contributed by atoms with Crippen molar-refractivity contribution in [2.45, 2.75) is 57.1 Å². The molecule has 39 heavy (non-hydrogen) atoms. The molecule has 206 valence electrons. The predicted molar refractivity (Wildman–Crippen MR) is 139 cm³/mol. The number of aliphatic hydroxyl groups is 1. The van der Waals surface area contributed by atoms with Crippen molar-refractivity contribution in [3.63, 3.8) is 0 Å². The van der Waals surface area contributed by atoms with Crippen LogP contribution >= 0.6 is 0 Å². The normalized spacial score (nSPS) is 33.4. The summed E-state index contributed by atoms with van der Waals surface area (Å²) in [5.74, 6) is -3.27. The van der Waals surface area contributed by atoms with Crippen LogP contribution in [0.25, 0.3) is 11.0 Å². The molecule has 1 unspecified atom stereocenters. The lowest BCUT2D eigenvalue weighted by Crippen LogP contribution is -2.59. The van der Waals surface area contributed by atoms with Gasteiger partial charge in [-0.15, -0.1) is 5.10 Å². The van der Waals surface area contributed by atoms with Crippen molar-refractivity contribution in [2.24, 2.45) is 17.8 Å². The van der Waals surface area contributed by atoms with Crippen LogP contribution in [0, 0.1) is 17.8 Å². The van der Waals surface area contributed by atoms with Gasteiger partial charge in [0.1, 0.15) is 36.4 Å². The second-order valence-electron chi connectivity index (χ2n) is 11.1. The molecule has 5 heterocycles. The number of para-hydroxylation sites is 1. The molecule has 2 saturated heterocycles. The van der Waals surface area contributed by atoms with Gasteiger partial charge in [-0.2, -0.15) is 0 Å². The fourth-order valence-electron chi connectivity index (χ4n) is 6.82. The number of aliphatic hydroxyl groups excluding tert-OH is 1. The van der Waals surface area contributed by atoms with E-state index < -0.39 is 41.1 Å². The fourth-order valence-corrected chi connectivity index (χ4v) is 6.82. The Balaban J connectivity index is 1.47. The second-order valence-corrected chi connectivity index (χ2v) is 11.1. The maximum Gasteiger partial charge on any atom is 0.313 e. The maximum absolute atomic E-state index is 14.5. The largest absolute Gasteiger partial charge is 0.461 e. The number of esters is 1. The minimum absolute atomic E-state index is 0.0931. The molecule has 1 N–H and O–H groups in total. The molecule has 11 heteroatoms. The number of rotatable bonds is 6. The molecule has 2 amide bonds. The van der Waals surface area contributed by atoms with E-state index >= 15 is 0 Å². The minimum Gasteiger partial charge on any atom is -0.461 e. The average Bonchev–Trinajstić information content (AvgIpc) is 3.45. The first-order valence-corrected chi connectivity index (χ1v) is 13.5. The van der Waals surface area contributed by atoms with Gasteiger partial charge in [0.2, 0.25) is 5.91 Å². The fraction of sp³-hybridized carbons (Fsp3) is 0.536. The number of ether oxygens (including phenoxy) is 2. The second kappa shape index (κ2) is 9.27. The quantitative estimate of drug-likeness (QED) is 0.433. The smallest absolute Gasteiger partial charge is 0.313 e. The first-order chi connectivity index (χ1) is 18.8. The monoisotopic (exact) mass is 535 g/mol. The van der Waals surface area contributed by atoms with Crippen LogP contribution < -0.4 is 0 Å². The molecule has 0 aliphatic carbocycles. The zero-order chi connectivity index (χ0) is 27.5. The first kappa shape index (κ1) is 25.7. The Morgan fingerprint density at radius 3 is 2.69 bits per heavy atom. The van der Waals surface area contributed by atoms with Crippen LogP contribution in [0.1, 0.15) is 27.2 Å². The number of benzene rings is 1. The lowest BCUT2D eigenvalue weighted by Gasteiger charge is -2.41. The highest BCUT2D eigenvalue weighted by Crippen LogP contribution is 2.58. The SMILES string of the molecule is CC[C@H](C)[C@H](CO)N1C(=O)[C@@H]2[C@@H]3C(=O)OCC=C[C@]3(C)O[C@@]23C=CCN(Cn2nnc4ccccc42)C(=O)C13. The summed E-state index contributed by atoms with van der Waals surface area (Å²) in [6.45, 7) is 5.81. The van der Waals surface area contributed by atoms with Crippen LogP contribution in [-0.2, 0) is 30.5 Å². The molecule has 0 bridgehead atoms. The lowest BCUT2D eigenvalue weighted by atomic mass is 9.75. The number of likely N-dealkylation sites (tertiary alicyclic amines) is 1. The van der Waals surface area contributed by atoms with E-state index in [4.69, 9.17) is 9.47 Å². The molecule has 7 atom stereocenters. The molecular weight excluding hydrogens is 502 g/mol. The predicted octanol–water partition coefficient (Wildman–Crippen LogP) is 1.28. The van der Waals surface area contributed by atoms with E-state index in [1.807, 2.05) is 44.2 Å². The summed E-state index contributed by atoms with van der Waals surface area (Å²) in [7, 11) is 0. The number of carbonyl (C=O) groups is 3. The number of cyclic esters (lactones) is 1. The van der Waals surface area contributed by atoms with E-state index in [9.17, 15) is 19.5 Å². The van der Waals surface area contributed by atoms with Gasteiger partial charge < -0.3 is 24.4 Å². The molecule has 6 rings (SSSR count). The molecule has 0 saturated carbocycles. The van der Waals surface area contributed by atoms with E-state index in [1.165, 1.54) is 4.90 Å². The van der Waals surface area contributed by atoms with E-state index in [0.717, 1.165) is 5.52 Å². The number of hydrogen-bond acceptors (Lipinski definition) is 8. The summed E-state index contributed by atoms with van der Waals surface area (Å²) in [4.78, 5) is 45.2. The number of hydrogen-bond donors (Lipinski definition) is 1. The molecule has 1 spiro atoms. The van der Waals surface area contributed by atoms with Crippen molar-refractivity contribution in [3.8, 4) is 0 Å². The summed E-state index contributed by atoms with van der Waals surface area (Å²) >= 11 is 0. The average molecular weight is 536 g/mol. The third-order valence-corrected chi connectivity index (χ3v) is 8.90. The number of carbonyl (C=O) groups excluding carboxylic acids is 3. The van der Waals surface area contributed by atoms with Crippen molar-refractivity contribution in [1.82, 2.24) is 24.8 Å². The standard InChI is InChI=1S/C28H33N5O6/c1-4-17(2)20(15-34)33-23-25(36)31(16-32-19-10-6-5-9-18(19)29-30-32)13-7-12-28(23)21(24(33)35)22-26(37)38-14-8-11-27(22,3)39-28/h5-12,17,20-23,34H,4,13-16H2,1-3H3/t17-,20-,21-,22+,23?,27-,28-/m0/s1. The summed E-state index contributed by atoms with van der Waals surface area (Å²) in [5.41, 5.74) is -1.06. The summed E-state index contributed by atoms with van der Waals surface area (Å²) in [5, 5.41) is 18.9. The van der Waals surface area contributed by atoms with Gasteiger partial charge >= 0.3 is 5.97 Å². The summed E-state index contributed by atoms with van der Waals surface area (Å²) < 4.78 is 13.8. The Hall–Kier alpha value is -3.57. The van der Waals surface area contributed by atoms with Crippen molar-refractivity contribution >= 4 is 28.8 Å². The molecule has 1 aromatic carbocycles. The van der Waals surface area contributed by atoms with E-state index in [-0.39, 0.29) is 44.2 Å². The van der Waals surface area contributed by atoms with E-state index in [0.29, 0.717) is 11.9 Å². The summed E-state index contributed by atoms with van der Waals surface area (Å²) in [6.07, 6.45) is 7.77. The highest BCUT2D eigenvalue weighted by molar-refractivity contribution is 5.99. The topological polar surface area (TPSA) is 127 Å². The molecule has 11 nitrogen and oxygen atoms in total. The maximum atomic E-state index is 14.5. The number of amides is 2. The number of aromatic nitrogens is 3. The Labute approximate surface area is 226 Å². The molecule has 2 fully saturated rings. The van der Waals surface area contributed by atoms with Gasteiger partial charge in [0, 0.05) is 6.54 Å². The zero-order valence-electron chi connectivity index (χ0n) is 22.3. The molecule has 4 aliphatic heterocycles. The van der Waals surface area contributed by atoms with Crippen molar-refractivity contribution in [2.75, 3.05) is 19.8 Å². The van der Waals surface area contributed by atoms with Gasteiger partial charge in [0.25, 0.3) is 5.91 Å². The van der Waals surface area contributed by atoms with Gasteiger partial charge in [-0.05, 0) is 31.1 Å². The Morgan fingerprint density at radius 2 is 1.92 bits per heavy atom. The highest BCUT2D eigenvalue weighted by Gasteiger charge is 2.75. The third kappa shape index (κ3) is 3.66. The zero-order valence-corrected chi connectivity index (χ0v) is 22.3. The number of fused-ring (bicyclic) bond motifs is 3. The molecule has 2 aromatic rings. The molecular formula is C28H33N5O6. The van der Waals surface area contributed by atoms with Crippen molar-refractivity contribution in [3.05, 3.63) is 48.6 Å². The first-order valence-electron chi connectivity index (χ1n) is 13.5. The highest BCUT2D eigenvalue weighted by atomic mass is 16.6. The van der Waals surface area contributed by atoms with Gasteiger partial charge in [-0.3, -0.25) is 14.4 Å². The van der Waals surface area contributed by atoms with Crippen LogP contribution in [0.4, 0.5) is 0 Å². The van der Waals surface area contributed by atoms with Gasteiger partial charge in [-0.25, -0.2) is 4.68 Å². The third-order valence-electron chi connectivity index (χ3n) is 8.90. The molecule has 0 radical (unpaired) electrons. The number of nitrogens with zero attached hydrogens (tertiary/aromatic N) is 5. The van der Waals surface area contributed by atoms with Crippen LogP contribution in [0.5, 0.6) is 0 Å². The lowest BCUT2D eigenvalue weighted by molar-refractivity contribution is -0.161. The van der Waals surface area contributed by atoms with E-state index in [1.54, 1.807) is 34.7 Å². The van der Waals surface area contributed by atoms with Crippen LogP contribution in [-0.4, -0.2) is 90.7 Å². The van der Waals surface area contributed by atoms with E-state index in [2.05, 4.69) is 10.3 Å². The minimum atomic E-state index is -1.41. The molecule has 1 aromatic heterocycles. The van der Waals surface area contributed by atoms with Crippen LogP contribution in [0.2, 0.25) is 0 Å². The van der Waals surface area contributed by atoms with Gasteiger partial charge in [0.15, 0.2) is 0 Å². The van der Waals surface area contributed by atoms with Gasteiger partial charge in [-0.1, -0.05) is 55.8 Å². The van der Waals surface area contributed by atoms with Gasteiger partial charge in [0.05, 0.1) is 29.7 Å². The molecule has 4 aliphatic rings. The Bertz CT molecular complexity index is 1390. The Morgan fingerprint density at radius 1 is 1.13 bits per heavy atom. The van der Waals surface area contributed by atoms with Crippen molar-refractivity contribution in [1.29, 1.82) is 0 Å².